The van der Waals surface area contributed by atoms with Gasteiger partial charge in [0, 0.05) is 5.57 Å². The standard InChI is InChI=1S/C23H20.C3H8.2C2H6.C2H2/c1-5-17(3)18(4)22-12-16(2)13-23(15-22)21-11-10-19-8-6-7-9-20(19)14-21;1-3-2;3*1-2/h1,6-15H,2-4H3;3H2,1-2H3;2*1-2H3;1-2H/b18-17-;;;;. The molecule has 0 amide bonds. The molecule has 0 radical (unpaired) electrons. The molecular weight excluding hydrogens is 384 g/mol. The maximum Gasteiger partial charge on any atom is 0.00217 e. The van der Waals surface area contributed by atoms with E-state index in [-0.39, 0.29) is 0 Å². The first-order valence-electron chi connectivity index (χ1n) is 11.6. The van der Waals surface area contributed by atoms with Crippen molar-refractivity contribution in [3.8, 4) is 36.3 Å². The molecule has 0 bridgehead atoms. The van der Waals surface area contributed by atoms with Crippen molar-refractivity contribution in [2.45, 2.75) is 68.7 Å². The summed E-state index contributed by atoms with van der Waals surface area (Å²) < 4.78 is 0. The summed E-state index contributed by atoms with van der Waals surface area (Å²) >= 11 is 0. The van der Waals surface area contributed by atoms with Crippen molar-refractivity contribution in [2.75, 3.05) is 0 Å². The Balaban J connectivity index is 0. The van der Waals surface area contributed by atoms with Gasteiger partial charge in [0.05, 0.1) is 0 Å². The van der Waals surface area contributed by atoms with E-state index in [2.05, 4.69) is 107 Å². The van der Waals surface area contributed by atoms with Crippen LogP contribution in [0, 0.1) is 32.1 Å². The lowest BCUT2D eigenvalue weighted by Crippen LogP contribution is -1.88. The highest BCUT2D eigenvalue weighted by Crippen LogP contribution is 2.29. The molecule has 0 fully saturated rings. The monoisotopic (exact) mass is 426 g/mol. The molecule has 0 heteroatoms. The highest BCUT2D eigenvalue weighted by Gasteiger charge is 2.05. The van der Waals surface area contributed by atoms with Gasteiger partial charge in [0.2, 0.25) is 0 Å². The fourth-order valence-electron chi connectivity index (χ4n) is 2.86. The minimum Gasteiger partial charge on any atom is -0.124 e. The van der Waals surface area contributed by atoms with Gasteiger partial charge < -0.3 is 0 Å². The number of aryl methyl sites for hydroxylation is 1. The van der Waals surface area contributed by atoms with Crippen LogP contribution in [0.3, 0.4) is 0 Å². The Bertz CT molecular complexity index is 1010. The van der Waals surface area contributed by atoms with Gasteiger partial charge in [0.25, 0.3) is 0 Å². The Hall–Kier alpha value is -3.22. The van der Waals surface area contributed by atoms with Crippen LogP contribution >= 0.6 is 0 Å². The van der Waals surface area contributed by atoms with Gasteiger partial charge in [-0.15, -0.1) is 19.3 Å². The van der Waals surface area contributed by atoms with Gasteiger partial charge in [-0.2, -0.15) is 0 Å². The van der Waals surface area contributed by atoms with Gasteiger partial charge in [0.15, 0.2) is 0 Å². The number of fused-ring (bicyclic) bond motifs is 1. The molecule has 0 spiro atoms. The highest BCUT2D eigenvalue weighted by molar-refractivity contribution is 5.88. The average Bonchev–Trinajstić information content (AvgIpc) is 2.86. The Labute approximate surface area is 198 Å². The van der Waals surface area contributed by atoms with Crippen LogP contribution in [0.1, 0.15) is 72.9 Å². The minimum absolute atomic E-state index is 0.986. The molecule has 0 N–H and O–H groups in total. The summed E-state index contributed by atoms with van der Waals surface area (Å²) in [6, 6.07) is 21.7. The van der Waals surface area contributed by atoms with E-state index in [0.717, 1.165) is 5.57 Å². The highest BCUT2D eigenvalue weighted by atomic mass is 14.1. The van der Waals surface area contributed by atoms with Crippen LogP contribution in [0.5, 0.6) is 0 Å². The molecule has 0 saturated carbocycles. The number of allylic oxidation sites excluding steroid dienone is 2. The minimum atomic E-state index is 0.986. The molecule has 3 rings (SSSR count). The van der Waals surface area contributed by atoms with Gasteiger partial charge in [0.1, 0.15) is 0 Å². The van der Waals surface area contributed by atoms with E-state index < -0.39 is 0 Å². The smallest absolute Gasteiger partial charge is 0.00217 e. The van der Waals surface area contributed by atoms with Gasteiger partial charge in [-0.25, -0.2) is 0 Å². The van der Waals surface area contributed by atoms with E-state index >= 15 is 0 Å². The lowest BCUT2D eigenvalue weighted by Gasteiger charge is -2.10. The van der Waals surface area contributed by atoms with Crippen molar-refractivity contribution >= 4 is 16.3 Å². The molecular formula is C32H42. The first-order chi connectivity index (χ1) is 15.5. The zero-order valence-electron chi connectivity index (χ0n) is 21.7. The van der Waals surface area contributed by atoms with Crippen molar-refractivity contribution in [2.24, 2.45) is 0 Å². The van der Waals surface area contributed by atoms with Crippen LogP contribution in [0.2, 0.25) is 0 Å². The molecule has 0 unspecified atom stereocenters. The summed E-state index contributed by atoms with van der Waals surface area (Å²) in [5.41, 5.74) is 7.06. The van der Waals surface area contributed by atoms with E-state index in [1.54, 1.807) is 0 Å². The number of benzene rings is 3. The second-order valence-electron chi connectivity index (χ2n) is 6.75. The second kappa shape index (κ2) is 18.5. The van der Waals surface area contributed by atoms with E-state index in [4.69, 9.17) is 6.42 Å². The first-order valence-corrected chi connectivity index (χ1v) is 11.6. The van der Waals surface area contributed by atoms with Gasteiger partial charge in [-0.05, 0) is 71.5 Å². The summed E-state index contributed by atoms with van der Waals surface area (Å²) in [7, 11) is 0. The lowest BCUT2D eigenvalue weighted by atomic mass is 9.94. The molecule has 0 nitrogen and oxygen atoms in total. The Kier molecular flexibility index (Phi) is 17.9. The predicted octanol–water partition coefficient (Wildman–Crippen LogP) is 9.96. The third-order valence-corrected chi connectivity index (χ3v) is 4.37. The molecule has 0 saturated heterocycles. The number of terminal acetylenes is 2. The van der Waals surface area contributed by atoms with Gasteiger partial charge in [-0.1, -0.05) is 102 Å². The largest absolute Gasteiger partial charge is 0.124 e. The molecule has 0 aliphatic rings. The molecule has 0 aliphatic carbocycles. The average molecular weight is 427 g/mol. The fraction of sp³-hybridized carbons (Fsp3) is 0.312. The van der Waals surface area contributed by atoms with Crippen LogP contribution in [0.4, 0.5) is 0 Å². The number of rotatable bonds is 2. The molecule has 3 aromatic carbocycles. The van der Waals surface area contributed by atoms with Crippen LogP contribution in [-0.2, 0) is 0 Å². The Morgan fingerprint density at radius 2 is 1.28 bits per heavy atom. The molecule has 3 aromatic rings. The van der Waals surface area contributed by atoms with Crippen LogP contribution in [-0.4, -0.2) is 0 Å². The van der Waals surface area contributed by atoms with Crippen molar-refractivity contribution in [1.82, 2.24) is 0 Å². The third kappa shape index (κ3) is 9.73. The molecule has 170 valence electrons. The molecule has 0 aliphatic heterocycles. The maximum absolute atomic E-state index is 5.55. The van der Waals surface area contributed by atoms with Crippen LogP contribution in [0.15, 0.2) is 66.2 Å². The van der Waals surface area contributed by atoms with E-state index in [1.807, 2.05) is 34.6 Å². The molecule has 0 aromatic heterocycles. The van der Waals surface area contributed by atoms with E-state index in [1.165, 1.54) is 45.0 Å². The normalized spacial score (nSPS) is 9.56. The lowest BCUT2D eigenvalue weighted by molar-refractivity contribution is 1.09. The van der Waals surface area contributed by atoms with Crippen molar-refractivity contribution in [3.63, 3.8) is 0 Å². The van der Waals surface area contributed by atoms with E-state index in [9.17, 15) is 0 Å². The molecule has 0 atom stereocenters. The Morgan fingerprint density at radius 3 is 1.81 bits per heavy atom. The Morgan fingerprint density at radius 1 is 0.750 bits per heavy atom. The van der Waals surface area contributed by atoms with Crippen molar-refractivity contribution < 1.29 is 0 Å². The molecule has 32 heavy (non-hydrogen) atoms. The zero-order valence-corrected chi connectivity index (χ0v) is 21.7. The zero-order chi connectivity index (χ0) is 25.1. The summed E-state index contributed by atoms with van der Waals surface area (Å²) in [6.07, 6.45) is 14.8. The fourth-order valence-corrected chi connectivity index (χ4v) is 2.86. The molecule has 0 heterocycles. The van der Waals surface area contributed by atoms with Crippen LogP contribution in [0.25, 0.3) is 27.5 Å². The summed E-state index contributed by atoms with van der Waals surface area (Å²) in [5.74, 6) is 2.75. The predicted molar refractivity (Wildman–Crippen MR) is 150 cm³/mol. The second-order valence-corrected chi connectivity index (χ2v) is 6.75. The van der Waals surface area contributed by atoms with Gasteiger partial charge in [-0.3, -0.25) is 0 Å². The summed E-state index contributed by atoms with van der Waals surface area (Å²) in [4.78, 5) is 0. The third-order valence-electron chi connectivity index (χ3n) is 4.37. The number of hydrogen-bond donors (Lipinski definition) is 0. The quantitative estimate of drug-likeness (QED) is 0.358. The van der Waals surface area contributed by atoms with Crippen LogP contribution < -0.4 is 0 Å². The summed E-state index contributed by atoms with van der Waals surface area (Å²) in [5, 5.41) is 2.53. The van der Waals surface area contributed by atoms with Gasteiger partial charge >= 0.3 is 0 Å². The number of hydrogen-bond acceptors (Lipinski definition) is 0. The SMILES string of the molecule is C#C.C#C/C(C)=C(/C)c1cc(C)cc(-c2ccc3ccccc3c2)c1.CC.CC.CCC. The first kappa shape index (κ1) is 31.0. The maximum atomic E-state index is 5.55. The van der Waals surface area contributed by atoms with E-state index in [0.29, 0.717) is 0 Å². The topological polar surface area (TPSA) is 0 Å². The van der Waals surface area contributed by atoms with Crippen molar-refractivity contribution in [3.05, 3.63) is 77.4 Å². The summed E-state index contributed by atoms with van der Waals surface area (Å²) in [6.45, 7) is 18.5. The van der Waals surface area contributed by atoms with Crippen molar-refractivity contribution in [1.29, 1.82) is 0 Å².